The van der Waals surface area contributed by atoms with Crippen LogP contribution in [-0.2, 0) is 0 Å². The minimum absolute atomic E-state index is 0.0102. The minimum atomic E-state index is -0.450. The highest BCUT2D eigenvalue weighted by atomic mass is 16.6. The third-order valence-corrected chi connectivity index (χ3v) is 2.95. The summed E-state index contributed by atoms with van der Waals surface area (Å²) in [5.41, 5.74) is 6.88. The van der Waals surface area contributed by atoms with Gasteiger partial charge in [-0.05, 0) is 18.4 Å². The number of nitrogen functional groups attached to an aromatic ring is 1. The SMILES string of the molecule is CCCCCC#Cc1c(N)nc2ccc([N+](=O)[O-])cn12. The number of nitro groups is 1. The van der Waals surface area contributed by atoms with Crippen LogP contribution in [0.4, 0.5) is 11.5 Å². The molecule has 0 radical (unpaired) electrons. The summed E-state index contributed by atoms with van der Waals surface area (Å²) < 4.78 is 1.57. The lowest BCUT2D eigenvalue weighted by Crippen LogP contribution is -1.95. The number of pyridine rings is 1. The van der Waals surface area contributed by atoms with E-state index >= 15 is 0 Å². The molecule has 0 aliphatic rings. The maximum Gasteiger partial charge on any atom is 0.286 e. The van der Waals surface area contributed by atoms with Crippen molar-refractivity contribution in [2.45, 2.75) is 32.6 Å². The summed E-state index contributed by atoms with van der Waals surface area (Å²) in [6.07, 6.45) is 5.51. The fourth-order valence-electron chi connectivity index (χ4n) is 1.89. The molecule has 0 aliphatic carbocycles. The van der Waals surface area contributed by atoms with E-state index in [0.717, 1.165) is 25.7 Å². The highest BCUT2D eigenvalue weighted by Crippen LogP contribution is 2.18. The molecule has 0 amide bonds. The van der Waals surface area contributed by atoms with Gasteiger partial charge in [-0.25, -0.2) is 4.98 Å². The highest BCUT2D eigenvalue weighted by molar-refractivity contribution is 5.59. The zero-order valence-corrected chi connectivity index (χ0v) is 11.3. The van der Waals surface area contributed by atoms with Gasteiger partial charge in [-0.1, -0.05) is 25.7 Å². The second kappa shape index (κ2) is 6.06. The zero-order valence-electron chi connectivity index (χ0n) is 11.3. The molecule has 0 saturated heterocycles. The topological polar surface area (TPSA) is 86.5 Å². The van der Waals surface area contributed by atoms with Crippen LogP contribution in [0.25, 0.3) is 5.65 Å². The molecule has 0 bridgehead atoms. The molecule has 6 nitrogen and oxygen atoms in total. The summed E-state index contributed by atoms with van der Waals surface area (Å²) in [4.78, 5) is 14.5. The summed E-state index contributed by atoms with van der Waals surface area (Å²) in [6, 6.07) is 2.97. The number of fused-ring (bicyclic) bond motifs is 1. The van der Waals surface area contributed by atoms with Gasteiger partial charge in [0.05, 0.1) is 11.1 Å². The minimum Gasteiger partial charge on any atom is -0.381 e. The van der Waals surface area contributed by atoms with Crippen LogP contribution in [0.3, 0.4) is 0 Å². The van der Waals surface area contributed by atoms with Gasteiger partial charge in [0.1, 0.15) is 11.3 Å². The molecular weight excluding hydrogens is 256 g/mol. The molecule has 2 heterocycles. The Morgan fingerprint density at radius 2 is 2.25 bits per heavy atom. The van der Waals surface area contributed by atoms with Crippen LogP contribution in [-0.4, -0.2) is 14.3 Å². The molecular formula is C14H16N4O2. The molecule has 6 heteroatoms. The molecule has 2 N–H and O–H groups in total. The predicted molar refractivity (Wildman–Crippen MR) is 77.3 cm³/mol. The Morgan fingerprint density at radius 3 is 2.95 bits per heavy atom. The number of rotatable bonds is 4. The second-order valence-corrected chi connectivity index (χ2v) is 4.48. The van der Waals surface area contributed by atoms with Crippen LogP contribution >= 0.6 is 0 Å². The summed E-state index contributed by atoms with van der Waals surface area (Å²) in [6.45, 7) is 2.13. The Bertz CT molecular complexity index is 694. The van der Waals surface area contributed by atoms with Gasteiger partial charge in [0, 0.05) is 12.5 Å². The molecule has 0 aliphatic heterocycles. The Labute approximate surface area is 116 Å². The molecule has 0 aromatic carbocycles. The predicted octanol–water partition coefficient (Wildman–Crippen LogP) is 2.76. The average molecular weight is 272 g/mol. The van der Waals surface area contributed by atoms with E-state index in [0.29, 0.717) is 17.2 Å². The Morgan fingerprint density at radius 1 is 1.45 bits per heavy atom. The lowest BCUT2D eigenvalue weighted by molar-refractivity contribution is -0.385. The monoisotopic (exact) mass is 272 g/mol. The normalized spacial score (nSPS) is 10.2. The highest BCUT2D eigenvalue weighted by Gasteiger charge is 2.12. The van der Waals surface area contributed by atoms with E-state index in [1.807, 2.05) is 0 Å². The Kier molecular flexibility index (Phi) is 4.20. The van der Waals surface area contributed by atoms with Crippen LogP contribution in [0.1, 0.15) is 38.3 Å². The van der Waals surface area contributed by atoms with Gasteiger partial charge in [-0.15, -0.1) is 0 Å². The number of hydrogen-bond acceptors (Lipinski definition) is 4. The number of hydrogen-bond donors (Lipinski definition) is 1. The quantitative estimate of drug-likeness (QED) is 0.401. The molecule has 2 aromatic heterocycles. The molecule has 104 valence electrons. The maximum absolute atomic E-state index is 10.8. The lowest BCUT2D eigenvalue weighted by atomic mass is 10.2. The van der Waals surface area contributed by atoms with Crippen LogP contribution in [0.2, 0.25) is 0 Å². The molecule has 2 aromatic rings. The number of anilines is 1. The first-order valence-electron chi connectivity index (χ1n) is 6.54. The van der Waals surface area contributed by atoms with Gasteiger partial charge in [-0.2, -0.15) is 0 Å². The first-order valence-corrected chi connectivity index (χ1v) is 6.54. The van der Waals surface area contributed by atoms with Gasteiger partial charge in [0.25, 0.3) is 5.69 Å². The van der Waals surface area contributed by atoms with Crippen molar-refractivity contribution in [1.82, 2.24) is 9.38 Å². The van der Waals surface area contributed by atoms with E-state index in [2.05, 4.69) is 23.7 Å². The van der Waals surface area contributed by atoms with E-state index in [9.17, 15) is 10.1 Å². The first-order chi connectivity index (χ1) is 9.63. The van der Waals surface area contributed by atoms with E-state index in [1.165, 1.54) is 12.3 Å². The Balaban J connectivity index is 2.33. The summed E-state index contributed by atoms with van der Waals surface area (Å²) in [7, 11) is 0. The van der Waals surface area contributed by atoms with Crippen molar-refractivity contribution in [3.8, 4) is 11.8 Å². The molecule has 0 atom stereocenters. The molecule has 0 unspecified atom stereocenters. The summed E-state index contributed by atoms with van der Waals surface area (Å²) in [5, 5.41) is 10.8. The number of nitrogens with two attached hydrogens (primary N) is 1. The smallest absolute Gasteiger partial charge is 0.286 e. The molecule has 20 heavy (non-hydrogen) atoms. The lowest BCUT2D eigenvalue weighted by Gasteiger charge is -1.96. The van der Waals surface area contributed by atoms with E-state index in [1.54, 1.807) is 10.5 Å². The average Bonchev–Trinajstić information content (AvgIpc) is 2.73. The number of nitrogens with zero attached hydrogens (tertiary/aromatic N) is 3. The van der Waals surface area contributed by atoms with Crippen molar-refractivity contribution in [3.63, 3.8) is 0 Å². The largest absolute Gasteiger partial charge is 0.381 e. The van der Waals surface area contributed by atoms with Gasteiger partial charge in [0.15, 0.2) is 5.82 Å². The number of imidazole rings is 1. The van der Waals surface area contributed by atoms with Gasteiger partial charge in [-0.3, -0.25) is 14.5 Å². The summed E-state index contributed by atoms with van der Waals surface area (Å²) >= 11 is 0. The van der Waals surface area contributed by atoms with Gasteiger partial charge < -0.3 is 5.73 Å². The zero-order chi connectivity index (χ0) is 14.5. The van der Waals surface area contributed by atoms with E-state index in [-0.39, 0.29) is 5.69 Å². The van der Waals surface area contributed by atoms with Crippen molar-refractivity contribution >= 4 is 17.2 Å². The molecule has 0 saturated carbocycles. The van der Waals surface area contributed by atoms with Gasteiger partial charge >= 0.3 is 0 Å². The van der Waals surface area contributed by atoms with Crippen LogP contribution in [0, 0.1) is 22.0 Å². The summed E-state index contributed by atoms with van der Waals surface area (Å²) in [5.74, 6) is 6.31. The standard InChI is InChI=1S/C14H16N4O2/c1-2-3-4-5-6-7-12-14(15)16-13-9-8-11(18(19)20)10-17(12)13/h8-10H,2-5,15H2,1H3. The number of aromatic nitrogens is 2. The fourth-order valence-corrected chi connectivity index (χ4v) is 1.89. The molecule has 0 fully saturated rings. The van der Waals surface area contributed by atoms with Crippen molar-refractivity contribution < 1.29 is 4.92 Å². The van der Waals surface area contributed by atoms with Crippen LogP contribution in [0.5, 0.6) is 0 Å². The maximum atomic E-state index is 10.8. The fraction of sp³-hybridized carbons (Fsp3) is 0.357. The van der Waals surface area contributed by atoms with Crippen LogP contribution < -0.4 is 5.73 Å². The van der Waals surface area contributed by atoms with Gasteiger partial charge in [0.2, 0.25) is 0 Å². The number of unbranched alkanes of at least 4 members (excludes halogenated alkanes) is 3. The molecule has 2 rings (SSSR count). The first kappa shape index (κ1) is 13.9. The van der Waals surface area contributed by atoms with Crippen molar-refractivity contribution in [2.75, 3.05) is 5.73 Å². The Hall–Kier alpha value is -2.55. The van der Waals surface area contributed by atoms with Crippen molar-refractivity contribution in [3.05, 3.63) is 34.1 Å². The van der Waals surface area contributed by atoms with Crippen molar-refractivity contribution in [2.24, 2.45) is 0 Å². The van der Waals surface area contributed by atoms with Crippen LogP contribution in [0.15, 0.2) is 18.3 Å². The third-order valence-electron chi connectivity index (χ3n) is 2.95. The molecule has 0 spiro atoms. The van der Waals surface area contributed by atoms with Crippen molar-refractivity contribution in [1.29, 1.82) is 0 Å². The third kappa shape index (κ3) is 2.88. The van der Waals surface area contributed by atoms with E-state index < -0.39 is 4.92 Å². The van der Waals surface area contributed by atoms with E-state index in [4.69, 9.17) is 5.73 Å². The second-order valence-electron chi connectivity index (χ2n) is 4.48.